The molecule has 0 saturated carbocycles. The molecule has 0 aliphatic heterocycles. The first kappa shape index (κ1) is 13.2. The summed E-state index contributed by atoms with van der Waals surface area (Å²) in [5.74, 6) is 0. The van der Waals surface area contributed by atoms with Crippen LogP contribution in [0.4, 0.5) is 5.69 Å². The van der Waals surface area contributed by atoms with Crippen LogP contribution in [0.2, 0.25) is 0 Å². The first-order chi connectivity index (χ1) is 11.8. The first-order valence-corrected chi connectivity index (χ1v) is 8.10. The van der Waals surface area contributed by atoms with Crippen LogP contribution < -0.4 is 5.73 Å². The fraction of sp³-hybridized carbons (Fsp3) is 0. The van der Waals surface area contributed by atoms with Crippen molar-refractivity contribution in [1.82, 2.24) is 4.57 Å². The van der Waals surface area contributed by atoms with Crippen LogP contribution >= 0.6 is 0 Å². The average molecular weight is 308 g/mol. The predicted octanol–water partition coefficient (Wildman–Crippen LogP) is 5.52. The molecule has 0 spiro atoms. The standard InChI is InChI=1S/C22H16N2/c23-18-11-5-7-15-8-6-14-21(22(15)18)24-19-12-3-1-9-16(19)17-10-2-4-13-20(17)24/h1-14H,23H2. The summed E-state index contributed by atoms with van der Waals surface area (Å²) in [7, 11) is 0. The predicted molar refractivity (Wildman–Crippen MR) is 103 cm³/mol. The van der Waals surface area contributed by atoms with Gasteiger partial charge in [-0.2, -0.15) is 0 Å². The third-order valence-electron chi connectivity index (χ3n) is 4.74. The normalized spacial score (nSPS) is 11.5. The molecule has 0 aliphatic carbocycles. The Morgan fingerprint density at radius 2 is 1.17 bits per heavy atom. The van der Waals surface area contributed by atoms with E-state index in [0.29, 0.717) is 0 Å². The summed E-state index contributed by atoms with van der Waals surface area (Å²) in [6.07, 6.45) is 0. The number of nitrogens with zero attached hydrogens (tertiary/aromatic N) is 1. The average Bonchev–Trinajstić information content (AvgIpc) is 2.96. The van der Waals surface area contributed by atoms with E-state index in [-0.39, 0.29) is 0 Å². The Morgan fingerprint density at radius 3 is 1.83 bits per heavy atom. The smallest absolute Gasteiger partial charge is 0.0561 e. The van der Waals surface area contributed by atoms with E-state index in [1.54, 1.807) is 0 Å². The lowest BCUT2D eigenvalue weighted by Gasteiger charge is -2.13. The molecule has 0 saturated heterocycles. The van der Waals surface area contributed by atoms with Crippen molar-refractivity contribution in [3.05, 3.63) is 84.9 Å². The summed E-state index contributed by atoms with van der Waals surface area (Å²) in [4.78, 5) is 0. The minimum absolute atomic E-state index is 0.810. The van der Waals surface area contributed by atoms with Crippen LogP contribution in [0.15, 0.2) is 84.9 Å². The number of para-hydroxylation sites is 2. The Hall–Kier alpha value is -3.26. The maximum Gasteiger partial charge on any atom is 0.0561 e. The molecule has 1 heterocycles. The van der Waals surface area contributed by atoms with Gasteiger partial charge in [-0.05, 0) is 29.7 Å². The van der Waals surface area contributed by atoms with Crippen LogP contribution in [0.1, 0.15) is 0 Å². The molecule has 0 bridgehead atoms. The molecule has 2 heteroatoms. The molecular formula is C22H16N2. The minimum atomic E-state index is 0.810. The Balaban J connectivity index is 2.04. The number of anilines is 1. The highest BCUT2D eigenvalue weighted by molar-refractivity contribution is 6.11. The van der Waals surface area contributed by atoms with E-state index < -0.39 is 0 Å². The molecule has 2 nitrogen and oxygen atoms in total. The number of benzene rings is 4. The van der Waals surface area contributed by atoms with Gasteiger partial charge in [-0.3, -0.25) is 0 Å². The molecule has 0 aliphatic rings. The van der Waals surface area contributed by atoms with Gasteiger partial charge in [-0.15, -0.1) is 0 Å². The summed E-state index contributed by atoms with van der Waals surface area (Å²) >= 11 is 0. The number of fused-ring (bicyclic) bond motifs is 4. The largest absolute Gasteiger partial charge is 0.398 e. The number of hydrogen-bond acceptors (Lipinski definition) is 1. The number of nitrogens with two attached hydrogens (primary N) is 1. The summed E-state index contributed by atoms with van der Waals surface area (Å²) in [6.45, 7) is 0. The van der Waals surface area contributed by atoms with Crippen molar-refractivity contribution in [2.45, 2.75) is 0 Å². The van der Waals surface area contributed by atoms with Crippen molar-refractivity contribution in [2.24, 2.45) is 0 Å². The summed E-state index contributed by atoms with van der Waals surface area (Å²) in [6, 6.07) is 29.5. The van der Waals surface area contributed by atoms with Crippen molar-refractivity contribution < 1.29 is 0 Å². The van der Waals surface area contributed by atoms with E-state index >= 15 is 0 Å². The van der Waals surface area contributed by atoms with Crippen LogP contribution in [-0.2, 0) is 0 Å². The number of aromatic nitrogens is 1. The summed E-state index contributed by atoms with van der Waals surface area (Å²) in [5, 5.41) is 4.79. The van der Waals surface area contributed by atoms with Gasteiger partial charge in [0.25, 0.3) is 0 Å². The van der Waals surface area contributed by atoms with Crippen molar-refractivity contribution in [3.63, 3.8) is 0 Å². The second-order valence-electron chi connectivity index (χ2n) is 6.09. The minimum Gasteiger partial charge on any atom is -0.398 e. The maximum absolute atomic E-state index is 6.34. The molecule has 4 aromatic carbocycles. The highest BCUT2D eigenvalue weighted by atomic mass is 15.0. The first-order valence-electron chi connectivity index (χ1n) is 8.10. The SMILES string of the molecule is Nc1cccc2cccc(-n3c4ccccc4c4ccccc43)c12. The molecule has 0 fully saturated rings. The Bertz CT molecular complexity index is 1160. The van der Waals surface area contributed by atoms with Crippen molar-refractivity contribution in [2.75, 3.05) is 5.73 Å². The van der Waals surface area contributed by atoms with Gasteiger partial charge in [0, 0.05) is 21.8 Å². The molecule has 114 valence electrons. The van der Waals surface area contributed by atoms with E-state index in [0.717, 1.165) is 22.1 Å². The van der Waals surface area contributed by atoms with Gasteiger partial charge in [0.1, 0.15) is 0 Å². The zero-order valence-corrected chi connectivity index (χ0v) is 13.1. The van der Waals surface area contributed by atoms with Gasteiger partial charge in [-0.1, -0.05) is 60.7 Å². The number of hydrogen-bond donors (Lipinski definition) is 1. The van der Waals surface area contributed by atoms with Gasteiger partial charge in [0.05, 0.1) is 16.7 Å². The lowest BCUT2D eigenvalue weighted by atomic mass is 10.1. The fourth-order valence-electron chi connectivity index (χ4n) is 3.72. The molecule has 0 atom stereocenters. The van der Waals surface area contributed by atoms with E-state index in [9.17, 15) is 0 Å². The van der Waals surface area contributed by atoms with Crippen LogP contribution in [-0.4, -0.2) is 4.57 Å². The van der Waals surface area contributed by atoms with Crippen LogP contribution in [0.25, 0.3) is 38.3 Å². The fourth-order valence-corrected chi connectivity index (χ4v) is 3.72. The second-order valence-corrected chi connectivity index (χ2v) is 6.09. The lowest BCUT2D eigenvalue weighted by Crippen LogP contribution is -1.97. The molecule has 1 aromatic heterocycles. The quantitative estimate of drug-likeness (QED) is 0.406. The molecule has 2 N–H and O–H groups in total. The van der Waals surface area contributed by atoms with Gasteiger partial charge >= 0.3 is 0 Å². The lowest BCUT2D eigenvalue weighted by molar-refractivity contribution is 1.20. The van der Waals surface area contributed by atoms with E-state index in [1.165, 1.54) is 21.8 Å². The molecule has 0 amide bonds. The number of rotatable bonds is 1. The summed E-state index contributed by atoms with van der Waals surface area (Å²) in [5.41, 5.74) is 10.7. The van der Waals surface area contributed by atoms with Crippen LogP contribution in [0.5, 0.6) is 0 Å². The van der Waals surface area contributed by atoms with Gasteiger partial charge < -0.3 is 10.3 Å². The van der Waals surface area contributed by atoms with E-state index in [1.807, 2.05) is 12.1 Å². The van der Waals surface area contributed by atoms with Gasteiger partial charge in [0.15, 0.2) is 0 Å². The topological polar surface area (TPSA) is 30.9 Å². The Labute approximate surface area is 139 Å². The van der Waals surface area contributed by atoms with Crippen LogP contribution in [0, 0.1) is 0 Å². The van der Waals surface area contributed by atoms with Crippen molar-refractivity contribution >= 4 is 38.3 Å². The highest BCUT2D eigenvalue weighted by Gasteiger charge is 2.14. The highest BCUT2D eigenvalue weighted by Crippen LogP contribution is 2.35. The molecule has 24 heavy (non-hydrogen) atoms. The molecule has 0 radical (unpaired) electrons. The zero-order chi connectivity index (χ0) is 16.1. The molecule has 0 unspecified atom stereocenters. The second kappa shape index (κ2) is 4.87. The van der Waals surface area contributed by atoms with E-state index in [2.05, 4.69) is 77.4 Å². The monoisotopic (exact) mass is 308 g/mol. The molecular weight excluding hydrogens is 292 g/mol. The van der Waals surface area contributed by atoms with Crippen molar-refractivity contribution in [1.29, 1.82) is 0 Å². The summed E-state index contributed by atoms with van der Waals surface area (Å²) < 4.78 is 2.32. The van der Waals surface area contributed by atoms with Gasteiger partial charge in [-0.25, -0.2) is 0 Å². The Morgan fingerprint density at radius 1 is 0.583 bits per heavy atom. The Kier molecular flexibility index (Phi) is 2.68. The third kappa shape index (κ3) is 1.71. The maximum atomic E-state index is 6.34. The molecule has 5 aromatic rings. The molecule has 5 rings (SSSR count). The van der Waals surface area contributed by atoms with E-state index in [4.69, 9.17) is 5.73 Å². The zero-order valence-electron chi connectivity index (χ0n) is 13.1. The van der Waals surface area contributed by atoms with Crippen LogP contribution in [0.3, 0.4) is 0 Å². The van der Waals surface area contributed by atoms with Gasteiger partial charge in [0.2, 0.25) is 0 Å². The van der Waals surface area contributed by atoms with Crippen molar-refractivity contribution in [3.8, 4) is 5.69 Å². The third-order valence-corrected chi connectivity index (χ3v) is 4.74. The number of nitrogen functional groups attached to an aromatic ring is 1.